The molecule has 1 unspecified atom stereocenters. The summed E-state index contributed by atoms with van der Waals surface area (Å²) in [4.78, 5) is 11.9. The maximum Gasteiger partial charge on any atom is 0.190 e. The van der Waals surface area contributed by atoms with Gasteiger partial charge in [-0.15, -0.1) is 11.3 Å². The number of nitrogens with zero attached hydrogens (tertiary/aromatic N) is 2. The molecule has 1 aliphatic rings. The van der Waals surface area contributed by atoms with Crippen molar-refractivity contribution in [3.63, 3.8) is 0 Å². The number of aliphatic hydroxyl groups is 1. The van der Waals surface area contributed by atoms with Gasteiger partial charge in [0.1, 0.15) is 10.6 Å². The summed E-state index contributed by atoms with van der Waals surface area (Å²) in [5.41, 5.74) is 1.20. The Kier molecular flexibility index (Phi) is 6.20. The summed E-state index contributed by atoms with van der Waals surface area (Å²) in [6.07, 6.45) is 4.20. The first kappa shape index (κ1) is 18.9. The highest BCUT2D eigenvalue weighted by atomic mass is 32.2. The molecule has 0 spiro atoms. The zero-order valence-corrected chi connectivity index (χ0v) is 16.9. The smallest absolute Gasteiger partial charge is 0.190 e. The van der Waals surface area contributed by atoms with Gasteiger partial charge in [0.2, 0.25) is 0 Å². The van der Waals surface area contributed by atoms with E-state index < -0.39 is 0 Å². The van der Waals surface area contributed by atoms with Crippen LogP contribution in [0.1, 0.15) is 50.5 Å². The van der Waals surface area contributed by atoms with Gasteiger partial charge in [-0.25, -0.2) is 9.97 Å². The average Bonchev–Trinajstić information content (AvgIpc) is 2.97. The van der Waals surface area contributed by atoms with Crippen LogP contribution < -0.4 is 5.32 Å². The minimum atomic E-state index is -0.121. The highest BCUT2D eigenvalue weighted by molar-refractivity contribution is 7.99. The van der Waals surface area contributed by atoms with E-state index in [1.807, 2.05) is 0 Å². The van der Waals surface area contributed by atoms with Crippen LogP contribution in [-0.2, 0) is 17.8 Å². The van der Waals surface area contributed by atoms with E-state index in [-0.39, 0.29) is 12.2 Å². The minimum Gasteiger partial charge on any atom is -0.395 e. The van der Waals surface area contributed by atoms with E-state index in [0.717, 1.165) is 46.2 Å². The average molecular weight is 382 g/mol. The molecule has 5 nitrogen and oxygen atoms in total. The van der Waals surface area contributed by atoms with Gasteiger partial charge in [0.25, 0.3) is 0 Å². The standard InChI is InChI=1S/C18H27N3O2S2/c1-4-6-9-24-17-20-15(19-7-8-22)14-12-10-18(3,5-2)23-11-13(12)25-16(14)21-17/h22H,4-11H2,1-3H3,(H,19,20,21). The summed E-state index contributed by atoms with van der Waals surface area (Å²) < 4.78 is 6.10. The molecule has 2 N–H and O–H groups in total. The van der Waals surface area contributed by atoms with E-state index >= 15 is 0 Å². The number of thiophene rings is 1. The van der Waals surface area contributed by atoms with Crippen LogP contribution in [0.3, 0.4) is 0 Å². The molecular weight excluding hydrogens is 354 g/mol. The molecule has 25 heavy (non-hydrogen) atoms. The van der Waals surface area contributed by atoms with Gasteiger partial charge in [0.05, 0.1) is 24.2 Å². The fourth-order valence-corrected chi connectivity index (χ4v) is 5.04. The molecule has 3 heterocycles. The van der Waals surface area contributed by atoms with Crippen LogP contribution in [0, 0.1) is 0 Å². The number of unbranched alkanes of at least 4 members (excludes halogenated alkanes) is 1. The minimum absolute atomic E-state index is 0.0892. The molecule has 0 aliphatic carbocycles. The molecule has 0 radical (unpaired) electrons. The van der Waals surface area contributed by atoms with Gasteiger partial charge in [-0.05, 0) is 25.3 Å². The number of thioether (sulfide) groups is 1. The number of fused-ring (bicyclic) bond motifs is 3. The van der Waals surface area contributed by atoms with E-state index in [1.54, 1.807) is 23.1 Å². The maximum absolute atomic E-state index is 9.22. The Morgan fingerprint density at radius 1 is 1.36 bits per heavy atom. The lowest BCUT2D eigenvalue weighted by atomic mass is 9.90. The van der Waals surface area contributed by atoms with Crippen LogP contribution in [0.4, 0.5) is 5.82 Å². The lowest BCUT2D eigenvalue weighted by Crippen LogP contribution is -2.34. The molecule has 0 amide bonds. The third-order valence-corrected chi connectivity index (χ3v) is 6.73. The molecule has 7 heteroatoms. The van der Waals surface area contributed by atoms with Gasteiger partial charge in [0, 0.05) is 23.6 Å². The van der Waals surface area contributed by atoms with Crippen LogP contribution in [0.25, 0.3) is 10.2 Å². The molecule has 0 saturated carbocycles. The molecule has 138 valence electrons. The van der Waals surface area contributed by atoms with Crippen molar-refractivity contribution in [1.82, 2.24) is 9.97 Å². The molecule has 3 rings (SSSR count). The summed E-state index contributed by atoms with van der Waals surface area (Å²) in [5.74, 6) is 1.89. The first-order valence-electron chi connectivity index (χ1n) is 9.04. The lowest BCUT2D eigenvalue weighted by molar-refractivity contribution is -0.0542. The first-order chi connectivity index (χ1) is 12.1. The van der Waals surface area contributed by atoms with E-state index in [9.17, 15) is 5.11 Å². The van der Waals surface area contributed by atoms with Crippen molar-refractivity contribution in [2.75, 3.05) is 24.2 Å². The molecule has 0 fully saturated rings. The molecule has 0 aromatic carbocycles. The van der Waals surface area contributed by atoms with E-state index in [1.165, 1.54) is 16.9 Å². The Balaban J connectivity index is 2.01. The summed E-state index contributed by atoms with van der Waals surface area (Å²) in [7, 11) is 0. The Morgan fingerprint density at radius 2 is 2.20 bits per heavy atom. The van der Waals surface area contributed by atoms with E-state index in [0.29, 0.717) is 13.2 Å². The molecule has 1 aliphatic heterocycles. The predicted molar refractivity (Wildman–Crippen MR) is 106 cm³/mol. The van der Waals surface area contributed by atoms with Gasteiger partial charge in [-0.3, -0.25) is 0 Å². The number of nitrogens with one attached hydrogen (secondary N) is 1. The number of aliphatic hydroxyl groups excluding tert-OH is 1. The number of hydrogen-bond donors (Lipinski definition) is 2. The number of aromatic nitrogens is 2. The number of rotatable bonds is 8. The molecule has 2 aromatic rings. The molecule has 1 atom stereocenters. The zero-order valence-electron chi connectivity index (χ0n) is 15.2. The first-order valence-corrected chi connectivity index (χ1v) is 10.8. The molecule has 0 bridgehead atoms. The number of anilines is 1. The van der Waals surface area contributed by atoms with Gasteiger partial charge < -0.3 is 15.2 Å². The zero-order chi connectivity index (χ0) is 17.9. The third kappa shape index (κ3) is 4.10. The fourth-order valence-electron chi connectivity index (χ4n) is 2.95. The molecule has 2 aromatic heterocycles. The highest BCUT2D eigenvalue weighted by Gasteiger charge is 2.33. The Labute approximate surface area is 157 Å². The van der Waals surface area contributed by atoms with Crippen LogP contribution in [0.2, 0.25) is 0 Å². The van der Waals surface area contributed by atoms with Crippen molar-refractivity contribution in [2.45, 2.75) is 63.8 Å². The van der Waals surface area contributed by atoms with Gasteiger partial charge in [0.15, 0.2) is 5.16 Å². The largest absolute Gasteiger partial charge is 0.395 e. The van der Waals surface area contributed by atoms with Crippen LogP contribution >= 0.6 is 23.1 Å². The highest BCUT2D eigenvalue weighted by Crippen LogP contribution is 2.42. The van der Waals surface area contributed by atoms with E-state index in [4.69, 9.17) is 14.7 Å². The van der Waals surface area contributed by atoms with Gasteiger partial charge in [-0.1, -0.05) is 32.0 Å². The molecular formula is C18H27N3O2S2. The maximum atomic E-state index is 9.22. The summed E-state index contributed by atoms with van der Waals surface area (Å²) in [6, 6.07) is 0. The van der Waals surface area contributed by atoms with E-state index in [2.05, 4.69) is 26.1 Å². The quantitative estimate of drug-likeness (QED) is 0.405. The second kappa shape index (κ2) is 8.20. The summed E-state index contributed by atoms with van der Waals surface area (Å²) in [5, 5.41) is 14.5. The Hall–Kier alpha value is -0.890. The summed E-state index contributed by atoms with van der Waals surface area (Å²) in [6.45, 7) is 7.78. The Bertz CT molecular complexity index is 735. The fraction of sp³-hybridized carbons (Fsp3) is 0.667. The normalized spacial score (nSPS) is 20.0. The van der Waals surface area contributed by atoms with Crippen molar-refractivity contribution in [3.05, 3.63) is 10.4 Å². The topological polar surface area (TPSA) is 67.3 Å². The van der Waals surface area contributed by atoms with Gasteiger partial charge >= 0.3 is 0 Å². The van der Waals surface area contributed by atoms with Crippen LogP contribution in [0.15, 0.2) is 5.16 Å². The van der Waals surface area contributed by atoms with Crippen molar-refractivity contribution < 1.29 is 9.84 Å². The van der Waals surface area contributed by atoms with Gasteiger partial charge in [-0.2, -0.15) is 0 Å². The second-order valence-corrected chi connectivity index (χ2v) is 8.81. The van der Waals surface area contributed by atoms with Crippen molar-refractivity contribution >= 4 is 39.1 Å². The summed E-state index contributed by atoms with van der Waals surface area (Å²) >= 11 is 3.43. The SMILES string of the molecule is CCCCSc1nc(NCCO)c2c3c(sc2n1)COC(C)(CC)C3. The number of ether oxygens (including phenoxy) is 1. The monoisotopic (exact) mass is 381 g/mol. The van der Waals surface area contributed by atoms with Crippen molar-refractivity contribution in [1.29, 1.82) is 0 Å². The predicted octanol–water partition coefficient (Wildman–Crippen LogP) is 4.23. The van der Waals surface area contributed by atoms with Crippen molar-refractivity contribution in [3.8, 4) is 0 Å². The lowest BCUT2D eigenvalue weighted by Gasteiger charge is -2.33. The Morgan fingerprint density at radius 3 is 2.92 bits per heavy atom. The molecule has 0 saturated heterocycles. The van der Waals surface area contributed by atoms with Crippen molar-refractivity contribution in [2.24, 2.45) is 0 Å². The second-order valence-electron chi connectivity index (χ2n) is 6.66. The van der Waals surface area contributed by atoms with Crippen LogP contribution in [-0.4, -0.2) is 39.6 Å². The number of hydrogen-bond acceptors (Lipinski definition) is 7. The third-order valence-electron chi connectivity index (χ3n) is 4.70. The van der Waals surface area contributed by atoms with Crippen LogP contribution in [0.5, 0.6) is 0 Å².